The maximum absolute atomic E-state index is 5.88. The predicted octanol–water partition coefficient (Wildman–Crippen LogP) is 1.71. The van der Waals surface area contributed by atoms with E-state index in [2.05, 4.69) is 20.4 Å². The smallest absolute Gasteiger partial charge is 0.262 e. The lowest BCUT2D eigenvalue weighted by atomic mass is 10.2. The molecule has 10 heavy (non-hydrogen) atoms. The number of hydrogen-bond acceptors (Lipinski definition) is 2. The molecule has 0 aromatic heterocycles. The molecule has 0 aliphatic carbocycles. The molecule has 0 aliphatic rings. The molecule has 62 valence electrons. The van der Waals surface area contributed by atoms with Gasteiger partial charge in [-0.15, -0.1) is 0 Å². The Morgan fingerprint density at radius 3 is 2.30 bits per heavy atom. The molecule has 0 radical (unpaired) electrons. The second kappa shape index (κ2) is 4.11. The third-order valence-corrected chi connectivity index (χ3v) is 3.90. The topological polar surface area (TPSA) is 35.2 Å². The zero-order valence-electron chi connectivity index (χ0n) is 7.48. The van der Waals surface area contributed by atoms with Crippen LogP contribution in [0.3, 0.4) is 0 Å². The molecule has 1 atom stereocenters. The van der Waals surface area contributed by atoms with E-state index in [1.54, 1.807) is 7.11 Å². The van der Waals surface area contributed by atoms with Crippen molar-refractivity contribution in [3.05, 3.63) is 0 Å². The van der Waals surface area contributed by atoms with Gasteiger partial charge in [-0.3, -0.25) is 0 Å². The summed E-state index contributed by atoms with van der Waals surface area (Å²) in [4.78, 5) is 0. The quantitative estimate of drug-likeness (QED) is 0.637. The van der Waals surface area contributed by atoms with E-state index >= 15 is 0 Å². The molecule has 3 heteroatoms. The largest absolute Gasteiger partial charge is 0.407 e. The zero-order valence-corrected chi connectivity index (χ0v) is 8.48. The molecule has 1 unspecified atom stereocenters. The second-order valence-electron chi connectivity index (χ2n) is 3.45. The number of rotatable bonds is 4. The summed E-state index contributed by atoms with van der Waals surface area (Å²) in [7, 11) is -0.0252. The first kappa shape index (κ1) is 10.1. The van der Waals surface area contributed by atoms with Gasteiger partial charge in [0, 0.05) is 7.11 Å². The van der Waals surface area contributed by atoms with Gasteiger partial charge >= 0.3 is 0 Å². The predicted molar refractivity (Wildman–Crippen MR) is 47.1 cm³/mol. The van der Waals surface area contributed by atoms with Crippen LogP contribution in [0.15, 0.2) is 0 Å². The fourth-order valence-electron chi connectivity index (χ4n) is 0.677. The highest BCUT2D eigenvalue weighted by atomic mass is 28.4. The van der Waals surface area contributed by atoms with Crippen molar-refractivity contribution in [3.63, 3.8) is 0 Å². The van der Waals surface area contributed by atoms with Crippen LogP contribution in [0.25, 0.3) is 0 Å². The first-order valence-corrected chi connectivity index (χ1v) is 6.51. The van der Waals surface area contributed by atoms with Crippen LogP contribution >= 0.6 is 0 Å². The van der Waals surface area contributed by atoms with Crippen molar-refractivity contribution in [1.82, 2.24) is 0 Å². The Morgan fingerprint density at radius 1 is 1.50 bits per heavy atom. The van der Waals surface area contributed by atoms with Crippen LogP contribution in [0.1, 0.15) is 20.3 Å². The zero-order chi connectivity index (χ0) is 8.20. The van der Waals surface area contributed by atoms with E-state index in [1.165, 1.54) is 6.42 Å². The minimum atomic E-state index is -1.74. The van der Waals surface area contributed by atoms with Crippen molar-refractivity contribution >= 4 is 8.48 Å². The molecular formula is C7H19NOSi. The van der Waals surface area contributed by atoms with E-state index in [4.69, 9.17) is 9.83 Å². The molecule has 0 saturated carbocycles. The monoisotopic (exact) mass is 161 g/mol. The molecule has 2 nitrogen and oxygen atoms in total. The van der Waals surface area contributed by atoms with Crippen molar-refractivity contribution in [2.75, 3.05) is 7.11 Å². The van der Waals surface area contributed by atoms with Gasteiger partial charge in [0.25, 0.3) is 8.48 Å². The van der Waals surface area contributed by atoms with Crippen molar-refractivity contribution in [2.24, 2.45) is 11.3 Å². The van der Waals surface area contributed by atoms with Crippen molar-refractivity contribution in [3.8, 4) is 0 Å². The molecule has 0 aromatic rings. The van der Waals surface area contributed by atoms with Crippen LogP contribution in [-0.4, -0.2) is 15.6 Å². The SMILES string of the molecule is CO[Si](C)(N)CCC(C)C. The minimum Gasteiger partial charge on any atom is -0.407 e. The molecule has 0 amide bonds. The molecule has 0 saturated heterocycles. The van der Waals surface area contributed by atoms with Gasteiger partial charge in [-0.05, 0) is 24.9 Å². The van der Waals surface area contributed by atoms with E-state index in [0.29, 0.717) is 0 Å². The van der Waals surface area contributed by atoms with Gasteiger partial charge in [-0.25, -0.2) is 0 Å². The third-order valence-electron chi connectivity index (χ3n) is 1.68. The lowest BCUT2D eigenvalue weighted by Gasteiger charge is -2.19. The van der Waals surface area contributed by atoms with E-state index in [0.717, 1.165) is 12.0 Å². The maximum atomic E-state index is 5.88. The Morgan fingerprint density at radius 2 is 2.00 bits per heavy atom. The van der Waals surface area contributed by atoms with Crippen LogP contribution in [0.4, 0.5) is 0 Å². The van der Waals surface area contributed by atoms with Crippen LogP contribution in [0.2, 0.25) is 12.6 Å². The number of hydrogen-bond donors (Lipinski definition) is 1. The first-order valence-electron chi connectivity index (χ1n) is 3.82. The van der Waals surface area contributed by atoms with Gasteiger partial charge in [0.1, 0.15) is 0 Å². The fourth-order valence-corrected chi connectivity index (χ4v) is 2.03. The summed E-state index contributed by atoms with van der Waals surface area (Å²) in [6.45, 7) is 6.47. The highest BCUT2D eigenvalue weighted by Crippen LogP contribution is 2.11. The molecule has 0 rings (SSSR count). The standard InChI is InChI=1S/C7H19NOSi/c1-7(2)5-6-10(4,8)9-3/h7H,5-6,8H2,1-4H3. The van der Waals surface area contributed by atoms with Gasteiger partial charge < -0.3 is 9.83 Å². The van der Waals surface area contributed by atoms with E-state index < -0.39 is 8.48 Å². The van der Waals surface area contributed by atoms with E-state index in [1.807, 2.05) is 0 Å². The lowest BCUT2D eigenvalue weighted by molar-refractivity contribution is 0.392. The second-order valence-corrected chi connectivity index (χ2v) is 6.98. The third kappa shape index (κ3) is 4.96. The van der Waals surface area contributed by atoms with Gasteiger partial charge in [0.05, 0.1) is 0 Å². The molecule has 0 heterocycles. The normalized spacial score (nSPS) is 17.4. The van der Waals surface area contributed by atoms with Crippen LogP contribution in [0.5, 0.6) is 0 Å². The van der Waals surface area contributed by atoms with Crippen molar-refractivity contribution in [2.45, 2.75) is 32.9 Å². The minimum absolute atomic E-state index is 0.741. The average Bonchev–Trinajstić information content (AvgIpc) is 1.85. The van der Waals surface area contributed by atoms with Crippen LogP contribution in [-0.2, 0) is 4.43 Å². The Hall–Kier alpha value is 0.137. The molecule has 0 aliphatic heterocycles. The molecule has 0 bridgehead atoms. The summed E-state index contributed by atoms with van der Waals surface area (Å²) in [6.07, 6.45) is 1.19. The summed E-state index contributed by atoms with van der Waals surface area (Å²) in [5.41, 5.74) is 0. The molecule has 2 N–H and O–H groups in total. The summed E-state index contributed by atoms with van der Waals surface area (Å²) in [5, 5.41) is 5.88. The van der Waals surface area contributed by atoms with Crippen molar-refractivity contribution < 1.29 is 4.43 Å². The summed E-state index contributed by atoms with van der Waals surface area (Å²) < 4.78 is 5.20. The fraction of sp³-hybridized carbons (Fsp3) is 1.00. The maximum Gasteiger partial charge on any atom is 0.262 e. The Kier molecular flexibility index (Phi) is 4.16. The van der Waals surface area contributed by atoms with Crippen molar-refractivity contribution in [1.29, 1.82) is 0 Å². The average molecular weight is 161 g/mol. The summed E-state index contributed by atoms with van der Waals surface area (Å²) in [5.74, 6) is 0.741. The highest BCUT2D eigenvalue weighted by Gasteiger charge is 2.21. The highest BCUT2D eigenvalue weighted by molar-refractivity contribution is 6.69. The van der Waals surface area contributed by atoms with Crippen LogP contribution in [0, 0.1) is 5.92 Å². The van der Waals surface area contributed by atoms with Crippen LogP contribution < -0.4 is 5.40 Å². The Bertz CT molecular complexity index is 93.6. The lowest BCUT2D eigenvalue weighted by Crippen LogP contribution is -2.44. The molecule has 0 aromatic carbocycles. The Labute approximate surface area is 65.0 Å². The Balaban J connectivity index is 3.46. The van der Waals surface area contributed by atoms with E-state index in [-0.39, 0.29) is 0 Å². The molecule has 0 fully saturated rings. The summed E-state index contributed by atoms with van der Waals surface area (Å²) >= 11 is 0. The first-order chi connectivity index (χ1) is 4.48. The summed E-state index contributed by atoms with van der Waals surface area (Å²) in [6, 6.07) is 1.07. The van der Waals surface area contributed by atoms with E-state index in [9.17, 15) is 0 Å². The molecular weight excluding hydrogens is 142 g/mol. The van der Waals surface area contributed by atoms with Gasteiger partial charge in [0.2, 0.25) is 0 Å². The number of nitrogens with two attached hydrogens (primary N) is 1. The van der Waals surface area contributed by atoms with Gasteiger partial charge in [-0.1, -0.05) is 13.8 Å². The van der Waals surface area contributed by atoms with Gasteiger partial charge in [0.15, 0.2) is 0 Å². The molecule has 0 spiro atoms. The van der Waals surface area contributed by atoms with Gasteiger partial charge in [-0.2, -0.15) is 0 Å².